The van der Waals surface area contributed by atoms with Gasteiger partial charge in [-0.2, -0.15) is 5.26 Å². The number of aromatic nitrogens is 2. The van der Waals surface area contributed by atoms with E-state index in [1.54, 1.807) is 12.1 Å². The molecule has 1 saturated heterocycles. The number of nitriles is 1. The Morgan fingerprint density at radius 2 is 1.86 bits per heavy atom. The Bertz CT molecular complexity index is 1370. The number of aromatic amines is 1. The van der Waals surface area contributed by atoms with Gasteiger partial charge >= 0.3 is 5.69 Å². The average Bonchev–Trinajstić information content (AvgIpc) is 3.43. The number of nitrogens with one attached hydrogen (secondary N) is 2. The smallest absolute Gasteiger partial charge is 0.330 e. The zero-order valence-corrected chi connectivity index (χ0v) is 24.5. The van der Waals surface area contributed by atoms with Gasteiger partial charge in [0, 0.05) is 25.4 Å². The summed E-state index contributed by atoms with van der Waals surface area (Å²) in [5.74, 6) is -1.23. The van der Waals surface area contributed by atoms with Crippen LogP contribution in [0.25, 0.3) is 0 Å². The van der Waals surface area contributed by atoms with Crippen LogP contribution in [-0.2, 0) is 23.4 Å². The number of hydroxylamine groups is 2. The van der Waals surface area contributed by atoms with Crippen LogP contribution in [0.15, 0.2) is 46.1 Å². The van der Waals surface area contributed by atoms with E-state index in [1.807, 2.05) is 13.0 Å². The first-order valence-electron chi connectivity index (χ1n) is 13.6. The first kappa shape index (κ1) is 31.7. The minimum atomic E-state index is -1.78. The van der Waals surface area contributed by atoms with E-state index in [4.69, 9.17) is 28.6 Å². The molecule has 2 aliphatic rings. The molecule has 0 radical (unpaired) electrons. The monoisotopic (exact) mass is 603 g/mol. The van der Waals surface area contributed by atoms with Crippen LogP contribution in [0.5, 0.6) is 0 Å². The molecule has 1 aromatic heterocycles. The summed E-state index contributed by atoms with van der Waals surface area (Å²) in [6.45, 7) is 3.87. The van der Waals surface area contributed by atoms with Crippen molar-refractivity contribution in [1.82, 2.24) is 19.7 Å². The lowest BCUT2D eigenvalue weighted by Crippen LogP contribution is -2.41. The van der Waals surface area contributed by atoms with Crippen LogP contribution in [0, 0.1) is 11.3 Å². The molecule has 15 heteroatoms. The van der Waals surface area contributed by atoms with Gasteiger partial charge in [-0.1, -0.05) is 31.9 Å². The van der Waals surface area contributed by atoms with E-state index in [1.165, 1.54) is 31.5 Å². The van der Waals surface area contributed by atoms with Gasteiger partial charge in [0.15, 0.2) is 6.23 Å². The van der Waals surface area contributed by atoms with Gasteiger partial charge < -0.3 is 18.5 Å². The molecule has 1 fully saturated rings. The number of methoxy groups -OCH3 is 1. The first-order chi connectivity index (χ1) is 20.3. The Kier molecular flexibility index (Phi) is 11.1. The Morgan fingerprint density at radius 1 is 1.14 bits per heavy atom. The Balaban J connectivity index is 1.59. The SMILES string of the molecule is CCCCC(C)NP(OCCC#N)OC1C(OC)[C@H](n2ccc(=O)[nH]c2=O)O[C@@H]1CON1C(=O)c2ccccc2C1=O. The van der Waals surface area contributed by atoms with Crippen LogP contribution in [0.3, 0.4) is 0 Å². The number of hydrogen-bond acceptors (Lipinski definition) is 11. The highest BCUT2D eigenvalue weighted by Crippen LogP contribution is 2.43. The van der Waals surface area contributed by atoms with Gasteiger partial charge in [0.05, 0.1) is 30.2 Å². The van der Waals surface area contributed by atoms with Crippen molar-refractivity contribution in [1.29, 1.82) is 5.26 Å². The van der Waals surface area contributed by atoms with E-state index in [0.717, 1.165) is 23.8 Å². The Morgan fingerprint density at radius 3 is 2.48 bits per heavy atom. The topological polar surface area (TPSA) is 174 Å². The molecule has 42 heavy (non-hydrogen) atoms. The molecule has 0 saturated carbocycles. The lowest BCUT2D eigenvalue weighted by atomic mass is 10.1. The van der Waals surface area contributed by atoms with Gasteiger partial charge in [0.25, 0.3) is 25.9 Å². The maximum Gasteiger partial charge on any atom is 0.330 e. The van der Waals surface area contributed by atoms with E-state index < -0.39 is 56.1 Å². The number of rotatable bonds is 15. The van der Waals surface area contributed by atoms with Crippen LogP contribution >= 0.6 is 8.53 Å². The van der Waals surface area contributed by atoms with Gasteiger partial charge in [0.1, 0.15) is 24.9 Å². The molecule has 0 spiro atoms. The summed E-state index contributed by atoms with van der Waals surface area (Å²) < 4.78 is 25.4. The largest absolute Gasteiger partial charge is 0.374 e. The minimum absolute atomic E-state index is 0.0205. The molecule has 0 aliphatic carbocycles. The van der Waals surface area contributed by atoms with Crippen molar-refractivity contribution >= 4 is 20.3 Å². The van der Waals surface area contributed by atoms with E-state index >= 15 is 0 Å². The molecule has 2 aromatic rings. The molecule has 226 valence electrons. The van der Waals surface area contributed by atoms with Crippen molar-refractivity contribution < 1.29 is 32.9 Å². The highest BCUT2D eigenvalue weighted by Gasteiger charge is 2.50. The van der Waals surface area contributed by atoms with Crippen LogP contribution < -0.4 is 16.3 Å². The van der Waals surface area contributed by atoms with E-state index in [2.05, 4.69) is 17.0 Å². The molecule has 4 rings (SSSR count). The summed E-state index contributed by atoms with van der Waals surface area (Å²) in [7, 11) is -0.371. The van der Waals surface area contributed by atoms with Crippen molar-refractivity contribution in [3.8, 4) is 6.07 Å². The van der Waals surface area contributed by atoms with Crippen LogP contribution in [-0.4, -0.2) is 71.1 Å². The molecular weight excluding hydrogens is 569 g/mol. The molecule has 0 bridgehead atoms. The number of imide groups is 1. The van der Waals surface area contributed by atoms with Gasteiger partial charge in [0.2, 0.25) is 0 Å². The van der Waals surface area contributed by atoms with Crippen LogP contribution in [0.1, 0.15) is 66.5 Å². The van der Waals surface area contributed by atoms with Crippen LogP contribution in [0.2, 0.25) is 0 Å². The summed E-state index contributed by atoms with van der Waals surface area (Å²) in [6, 6.07) is 9.60. The Labute approximate surface area is 243 Å². The highest BCUT2D eigenvalue weighted by molar-refractivity contribution is 7.45. The molecule has 2 amide bonds. The quantitative estimate of drug-likeness (QED) is 0.174. The summed E-state index contributed by atoms with van der Waals surface area (Å²) in [6.07, 6.45) is 0.426. The Hall–Kier alpha value is -3.28. The second-order valence-electron chi connectivity index (χ2n) is 9.77. The number of nitrogens with zero attached hydrogens (tertiary/aromatic N) is 3. The van der Waals surface area contributed by atoms with Crippen molar-refractivity contribution in [2.45, 2.75) is 70.1 Å². The van der Waals surface area contributed by atoms with E-state index in [-0.39, 0.29) is 36.8 Å². The van der Waals surface area contributed by atoms with E-state index in [9.17, 15) is 19.2 Å². The fourth-order valence-corrected chi connectivity index (χ4v) is 6.06. The highest BCUT2D eigenvalue weighted by atomic mass is 31.2. The van der Waals surface area contributed by atoms with Crippen molar-refractivity contribution in [3.63, 3.8) is 0 Å². The van der Waals surface area contributed by atoms with Crippen LogP contribution in [0.4, 0.5) is 0 Å². The number of carbonyl (C=O) groups is 2. The third kappa shape index (κ3) is 7.19. The number of hydrogen-bond donors (Lipinski definition) is 2. The fraction of sp³-hybridized carbons (Fsp3) is 0.519. The van der Waals surface area contributed by atoms with Gasteiger partial charge in [-0.05, 0) is 25.5 Å². The van der Waals surface area contributed by atoms with E-state index in [0.29, 0.717) is 5.06 Å². The molecule has 14 nitrogen and oxygen atoms in total. The number of H-pyrrole nitrogens is 1. The van der Waals surface area contributed by atoms with Crippen molar-refractivity contribution in [2.24, 2.45) is 0 Å². The van der Waals surface area contributed by atoms with Crippen molar-refractivity contribution in [2.75, 3.05) is 20.3 Å². The lowest BCUT2D eigenvalue weighted by Gasteiger charge is -2.29. The first-order valence-corrected chi connectivity index (χ1v) is 14.8. The number of amides is 2. The average molecular weight is 604 g/mol. The predicted octanol–water partition coefficient (Wildman–Crippen LogP) is 2.39. The molecule has 4 unspecified atom stereocenters. The summed E-state index contributed by atoms with van der Waals surface area (Å²) in [4.78, 5) is 58.0. The molecule has 2 aliphatic heterocycles. The zero-order valence-electron chi connectivity index (χ0n) is 23.6. The minimum Gasteiger partial charge on any atom is -0.374 e. The molecule has 6 atom stereocenters. The predicted molar refractivity (Wildman–Crippen MR) is 149 cm³/mol. The number of carbonyl (C=O) groups excluding carboxylic acids is 2. The third-order valence-electron chi connectivity index (χ3n) is 6.76. The number of unbranched alkanes of at least 4 members (excludes halogenated alkanes) is 1. The lowest BCUT2D eigenvalue weighted by molar-refractivity contribution is -0.140. The molecule has 1 aromatic carbocycles. The molecule has 2 N–H and O–H groups in total. The third-order valence-corrected chi connectivity index (χ3v) is 8.27. The summed E-state index contributed by atoms with van der Waals surface area (Å²) in [5.41, 5.74) is -0.875. The van der Waals surface area contributed by atoms with Gasteiger partial charge in [-0.15, -0.1) is 5.06 Å². The molecular formula is C27H34N5O9P. The van der Waals surface area contributed by atoms with Crippen molar-refractivity contribution in [3.05, 3.63) is 68.5 Å². The normalized spacial score (nSPS) is 23.1. The summed E-state index contributed by atoms with van der Waals surface area (Å²) in [5, 5.41) is 13.0. The maximum atomic E-state index is 12.9. The maximum absolute atomic E-state index is 12.9. The zero-order chi connectivity index (χ0) is 30.2. The molecule has 3 heterocycles. The second-order valence-corrected chi connectivity index (χ2v) is 11.0. The summed E-state index contributed by atoms with van der Waals surface area (Å²) >= 11 is 0. The number of fused-ring (bicyclic) bond motifs is 1. The standard InChI is InChI=1S/C27H34N5O9P/c1-4-5-9-17(2)30-42(39-15-8-13-28)41-22-20(16-38-32-24(34)18-10-6-7-11-19(18)25(32)35)40-26(23(22)37-3)31-14-12-21(33)29-27(31)36/h6-7,10-12,14,17,20,22-23,26,30H,4-5,8-9,15-16H2,1-3H3,(H,29,33,36)/t17?,20-,22?,23?,26-,42?/m1/s1. The fourth-order valence-electron chi connectivity index (χ4n) is 4.64. The van der Waals surface area contributed by atoms with Gasteiger partial charge in [-0.25, -0.2) is 9.88 Å². The number of benzene rings is 1. The van der Waals surface area contributed by atoms with Gasteiger partial charge in [-0.3, -0.25) is 28.8 Å². The number of ether oxygens (including phenoxy) is 2. The second kappa shape index (κ2) is 14.8.